The molecule has 0 heterocycles. The number of hydrogen-bond donors (Lipinski definition) is 1. The number of hydrogen-bond acceptors (Lipinski definition) is 1. The lowest BCUT2D eigenvalue weighted by Gasteiger charge is -2.38. The topological polar surface area (TPSA) is 12.0 Å². The fourth-order valence-electron chi connectivity index (χ4n) is 3.32. The van der Waals surface area contributed by atoms with Crippen molar-refractivity contribution < 1.29 is 0 Å². The first kappa shape index (κ1) is 14.6. The summed E-state index contributed by atoms with van der Waals surface area (Å²) in [5, 5.41) is 3.36. The molecule has 0 aromatic carbocycles. The third-order valence-corrected chi connectivity index (χ3v) is 4.49. The minimum Gasteiger partial charge on any atom is -0.319 e. The maximum atomic E-state index is 5.35. The SMILES string of the molecule is C#CCCCC1CC(C(C)C)CCC1CNC. The summed E-state index contributed by atoms with van der Waals surface area (Å²) in [6.45, 7) is 5.94. The molecular formula is C16H29N. The number of terminal acetylenes is 1. The molecule has 17 heavy (non-hydrogen) atoms. The van der Waals surface area contributed by atoms with Gasteiger partial charge in [0.05, 0.1) is 0 Å². The van der Waals surface area contributed by atoms with Crippen LogP contribution in [0.2, 0.25) is 0 Å². The molecule has 1 saturated carbocycles. The fourth-order valence-corrected chi connectivity index (χ4v) is 3.32. The monoisotopic (exact) mass is 235 g/mol. The molecule has 1 aliphatic rings. The molecule has 0 spiro atoms. The molecule has 3 unspecified atom stereocenters. The van der Waals surface area contributed by atoms with Crippen molar-refractivity contribution in [2.75, 3.05) is 13.6 Å². The van der Waals surface area contributed by atoms with E-state index >= 15 is 0 Å². The average molecular weight is 235 g/mol. The first-order valence-electron chi connectivity index (χ1n) is 7.27. The summed E-state index contributed by atoms with van der Waals surface area (Å²) in [4.78, 5) is 0. The van der Waals surface area contributed by atoms with Crippen molar-refractivity contribution in [3.8, 4) is 12.3 Å². The number of rotatable bonds is 6. The quantitative estimate of drug-likeness (QED) is 0.547. The summed E-state index contributed by atoms with van der Waals surface area (Å²) < 4.78 is 0. The minimum atomic E-state index is 0.848. The van der Waals surface area contributed by atoms with Gasteiger partial charge in [0.25, 0.3) is 0 Å². The third kappa shape index (κ3) is 4.72. The first-order valence-corrected chi connectivity index (χ1v) is 7.27. The maximum absolute atomic E-state index is 5.35. The molecule has 0 bridgehead atoms. The second-order valence-electron chi connectivity index (χ2n) is 5.99. The van der Waals surface area contributed by atoms with Crippen molar-refractivity contribution in [3.05, 3.63) is 0 Å². The van der Waals surface area contributed by atoms with E-state index in [-0.39, 0.29) is 0 Å². The van der Waals surface area contributed by atoms with E-state index in [2.05, 4.69) is 32.1 Å². The summed E-state index contributed by atoms with van der Waals surface area (Å²) in [6.07, 6.45) is 13.1. The summed E-state index contributed by atoms with van der Waals surface area (Å²) in [5.41, 5.74) is 0. The molecule has 0 radical (unpaired) electrons. The average Bonchev–Trinajstić information content (AvgIpc) is 2.31. The van der Waals surface area contributed by atoms with Gasteiger partial charge in [0.15, 0.2) is 0 Å². The zero-order chi connectivity index (χ0) is 12.7. The van der Waals surface area contributed by atoms with E-state index < -0.39 is 0 Å². The molecule has 1 aliphatic carbocycles. The number of nitrogens with one attached hydrogen (secondary N) is 1. The van der Waals surface area contributed by atoms with Crippen molar-refractivity contribution in [1.29, 1.82) is 0 Å². The van der Waals surface area contributed by atoms with Crippen LogP contribution in [0.5, 0.6) is 0 Å². The highest BCUT2D eigenvalue weighted by Gasteiger charge is 2.30. The molecule has 0 saturated heterocycles. The van der Waals surface area contributed by atoms with Crippen molar-refractivity contribution in [1.82, 2.24) is 5.32 Å². The Hall–Kier alpha value is -0.480. The molecular weight excluding hydrogens is 206 g/mol. The van der Waals surface area contributed by atoms with E-state index in [9.17, 15) is 0 Å². The van der Waals surface area contributed by atoms with Gasteiger partial charge in [0, 0.05) is 6.42 Å². The highest BCUT2D eigenvalue weighted by Crippen LogP contribution is 2.39. The van der Waals surface area contributed by atoms with Gasteiger partial charge in [-0.1, -0.05) is 13.8 Å². The third-order valence-electron chi connectivity index (χ3n) is 4.49. The van der Waals surface area contributed by atoms with E-state index in [1.165, 1.54) is 38.6 Å². The van der Waals surface area contributed by atoms with Gasteiger partial charge in [-0.3, -0.25) is 0 Å². The molecule has 1 nitrogen and oxygen atoms in total. The largest absolute Gasteiger partial charge is 0.319 e. The Balaban J connectivity index is 2.47. The highest BCUT2D eigenvalue weighted by atomic mass is 14.8. The molecule has 0 aliphatic heterocycles. The van der Waals surface area contributed by atoms with Crippen LogP contribution in [-0.2, 0) is 0 Å². The highest BCUT2D eigenvalue weighted by molar-refractivity contribution is 4.86. The molecule has 0 amide bonds. The summed E-state index contributed by atoms with van der Waals surface area (Å²) in [7, 11) is 2.08. The molecule has 1 N–H and O–H groups in total. The molecule has 1 fully saturated rings. The summed E-state index contributed by atoms with van der Waals surface area (Å²) in [5.74, 6) is 6.35. The molecule has 1 heteroatoms. The van der Waals surface area contributed by atoms with E-state index in [1.807, 2.05) is 0 Å². The molecule has 0 aromatic rings. The van der Waals surface area contributed by atoms with Crippen LogP contribution < -0.4 is 5.32 Å². The Labute approximate surface area is 108 Å². The van der Waals surface area contributed by atoms with Gasteiger partial charge in [0.1, 0.15) is 0 Å². The summed E-state index contributed by atoms with van der Waals surface area (Å²) >= 11 is 0. The second kappa shape index (κ2) is 7.77. The molecule has 3 atom stereocenters. The van der Waals surface area contributed by atoms with Gasteiger partial charge in [-0.15, -0.1) is 12.3 Å². The Kier molecular flexibility index (Phi) is 6.66. The van der Waals surface area contributed by atoms with E-state index in [0.29, 0.717) is 0 Å². The van der Waals surface area contributed by atoms with Crippen molar-refractivity contribution >= 4 is 0 Å². The zero-order valence-electron chi connectivity index (χ0n) is 11.8. The van der Waals surface area contributed by atoms with E-state index in [1.54, 1.807) is 0 Å². The fraction of sp³-hybridized carbons (Fsp3) is 0.875. The molecule has 98 valence electrons. The normalized spacial score (nSPS) is 29.2. The van der Waals surface area contributed by atoms with E-state index in [0.717, 1.165) is 30.1 Å². The van der Waals surface area contributed by atoms with Crippen LogP contribution in [0.25, 0.3) is 0 Å². The van der Waals surface area contributed by atoms with Crippen molar-refractivity contribution in [3.63, 3.8) is 0 Å². The summed E-state index contributed by atoms with van der Waals surface area (Å²) in [6, 6.07) is 0. The Morgan fingerprint density at radius 2 is 2.06 bits per heavy atom. The lowest BCUT2D eigenvalue weighted by Crippen LogP contribution is -2.33. The van der Waals surface area contributed by atoms with Crippen molar-refractivity contribution in [2.24, 2.45) is 23.7 Å². The van der Waals surface area contributed by atoms with Crippen LogP contribution >= 0.6 is 0 Å². The predicted molar refractivity (Wildman–Crippen MR) is 75.8 cm³/mol. The van der Waals surface area contributed by atoms with Gasteiger partial charge in [-0.2, -0.15) is 0 Å². The number of unbranched alkanes of at least 4 members (excludes halogenated alkanes) is 1. The molecule has 0 aromatic heterocycles. The Bertz CT molecular complexity index is 238. The Morgan fingerprint density at radius 3 is 2.65 bits per heavy atom. The van der Waals surface area contributed by atoms with Crippen LogP contribution in [0, 0.1) is 36.0 Å². The second-order valence-corrected chi connectivity index (χ2v) is 5.99. The van der Waals surface area contributed by atoms with Crippen LogP contribution in [0.1, 0.15) is 52.4 Å². The maximum Gasteiger partial charge on any atom is 0.00861 e. The van der Waals surface area contributed by atoms with Gasteiger partial charge in [-0.25, -0.2) is 0 Å². The van der Waals surface area contributed by atoms with Crippen LogP contribution in [0.15, 0.2) is 0 Å². The van der Waals surface area contributed by atoms with Gasteiger partial charge < -0.3 is 5.32 Å². The van der Waals surface area contributed by atoms with Crippen LogP contribution in [0.3, 0.4) is 0 Å². The smallest absolute Gasteiger partial charge is 0.00861 e. The zero-order valence-corrected chi connectivity index (χ0v) is 11.8. The van der Waals surface area contributed by atoms with Crippen LogP contribution in [0.4, 0.5) is 0 Å². The lowest BCUT2D eigenvalue weighted by molar-refractivity contribution is 0.138. The van der Waals surface area contributed by atoms with Gasteiger partial charge >= 0.3 is 0 Å². The lowest BCUT2D eigenvalue weighted by atomic mass is 9.69. The first-order chi connectivity index (χ1) is 8.19. The van der Waals surface area contributed by atoms with E-state index in [4.69, 9.17) is 6.42 Å². The standard InChI is InChI=1S/C16H29N/c1-5-6-7-8-15-11-14(13(2)3)9-10-16(15)12-17-4/h1,13-17H,6-12H2,2-4H3. The predicted octanol–water partition coefficient (Wildman–Crippen LogP) is 3.70. The van der Waals surface area contributed by atoms with Crippen LogP contribution in [-0.4, -0.2) is 13.6 Å². The molecule has 1 rings (SSSR count). The van der Waals surface area contributed by atoms with Gasteiger partial charge in [-0.05, 0) is 69.4 Å². The van der Waals surface area contributed by atoms with Gasteiger partial charge in [0.2, 0.25) is 0 Å². The van der Waals surface area contributed by atoms with Crippen molar-refractivity contribution in [2.45, 2.75) is 52.4 Å². The minimum absolute atomic E-state index is 0.848. The Morgan fingerprint density at radius 1 is 1.29 bits per heavy atom.